The molecule has 0 saturated heterocycles. The lowest BCUT2D eigenvalue weighted by Gasteiger charge is -2.17. The van der Waals surface area contributed by atoms with E-state index in [0.29, 0.717) is 0 Å². The molecule has 0 aliphatic heterocycles. The predicted octanol–water partition coefficient (Wildman–Crippen LogP) is 2.85. The van der Waals surface area contributed by atoms with Crippen LogP contribution in [-0.4, -0.2) is 38.1 Å². The van der Waals surface area contributed by atoms with Crippen LogP contribution in [0.5, 0.6) is 11.5 Å². The van der Waals surface area contributed by atoms with Crippen molar-refractivity contribution in [2.24, 2.45) is 0 Å². The summed E-state index contributed by atoms with van der Waals surface area (Å²) in [5.74, 6) is 1.64. The highest BCUT2D eigenvalue weighted by atomic mass is 32.1. The molecule has 2 aromatic rings. The van der Waals surface area contributed by atoms with Gasteiger partial charge in [0.15, 0.2) is 0 Å². The van der Waals surface area contributed by atoms with Gasteiger partial charge in [-0.2, -0.15) is 0 Å². The standard InChI is InChI=1S/C19H22N2OS/c1-20(2)14-18(19(23)21(3)4)15-10-12-17(13-11-15)22-16-8-6-5-7-9-16/h5-14H,1-4H3/p+1/b18-14-. The first-order valence-electron chi connectivity index (χ1n) is 7.54. The number of nitrogens with one attached hydrogen (secondary N) is 1. The van der Waals surface area contributed by atoms with E-state index in [1.54, 1.807) is 0 Å². The summed E-state index contributed by atoms with van der Waals surface area (Å²) in [6, 6.07) is 17.8. The smallest absolute Gasteiger partial charge is 0.127 e. The normalized spacial score (nSPS) is 11.4. The van der Waals surface area contributed by atoms with Gasteiger partial charge < -0.3 is 14.5 Å². The number of hydrogen-bond donors (Lipinski definition) is 1. The van der Waals surface area contributed by atoms with Crippen molar-refractivity contribution in [2.45, 2.75) is 0 Å². The maximum Gasteiger partial charge on any atom is 0.127 e. The fourth-order valence-electron chi connectivity index (χ4n) is 2.13. The second-order valence-electron chi connectivity index (χ2n) is 5.77. The highest BCUT2D eigenvalue weighted by Crippen LogP contribution is 2.24. The van der Waals surface area contributed by atoms with Gasteiger partial charge in [0.25, 0.3) is 0 Å². The fraction of sp³-hybridized carbons (Fsp3) is 0.211. The number of benzene rings is 2. The first-order valence-corrected chi connectivity index (χ1v) is 7.95. The number of ether oxygens (including phenoxy) is 1. The molecule has 3 nitrogen and oxygen atoms in total. The predicted molar refractivity (Wildman–Crippen MR) is 100 cm³/mol. The minimum absolute atomic E-state index is 0.812. The highest BCUT2D eigenvalue weighted by molar-refractivity contribution is 7.81. The van der Waals surface area contributed by atoms with Crippen molar-refractivity contribution in [1.29, 1.82) is 0 Å². The van der Waals surface area contributed by atoms with Gasteiger partial charge in [0.2, 0.25) is 0 Å². The van der Waals surface area contributed by atoms with Crippen LogP contribution in [0.3, 0.4) is 0 Å². The summed E-state index contributed by atoms with van der Waals surface area (Å²) < 4.78 is 5.83. The molecule has 120 valence electrons. The summed E-state index contributed by atoms with van der Waals surface area (Å²) in [4.78, 5) is 4.00. The largest absolute Gasteiger partial charge is 0.457 e. The Kier molecular flexibility index (Phi) is 5.90. The van der Waals surface area contributed by atoms with Gasteiger partial charge in [0.1, 0.15) is 22.7 Å². The lowest BCUT2D eigenvalue weighted by Crippen LogP contribution is -3.00. The van der Waals surface area contributed by atoms with Crippen LogP contribution in [0, 0.1) is 0 Å². The number of likely N-dealkylation sites (N-methyl/N-ethyl adjacent to an activating group) is 1. The molecule has 0 amide bonds. The summed E-state index contributed by atoms with van der Waals surface area (Å²) in [6.07, 6.45) is 2.12. The van der Waals surface area contributed by atoms with E-state index in [1.807, 2.05) is 73.6 Å². The zero-order valence-electron chi connectivity index (χ0n) is 14.0. The minimum atomic E-state index is 0.812. The van der Waals surface area contributed by atoms with Crippen molar-refractivity contribution in [2.75, 3.05) is 28.2 Å². The van der Waals surface area contributed by atoms with E-state index in [2.05, 4.69) is 20.3 Å². The number of hydrogen-bond acceptors (Lipinski definition) is 2. The van der Waals surface area contributed by atoms with E-state index in [0.717, 1.165) is 27.6 Å². The number of quaternary nitrogens is 1. The molecule has 0 fully saturated rings. The van der Waals surface area contributed by atoms with Crippen LogP contribution in [0.25, 0.3) is 5.57 Å². The van der Waals surface area contributed by atoms with Crippen molar-refractivity contribution < 1.29 is 9.64 Å². The van der Waals surface area contributed by atoms with Crippen LogP contribution >= 0.6 is 12.2 Å². The molecule has 4 heteroatoms. The molecule has 0 aliphatic rings. The molecule has 0 heterocycles. The van der Waals surface area contributed by atoms with Crippen molar-refractivity contribution in [3.05, 3.63) is 66.4 Å². The Bertz CT molecular complexity index is 676. The highest BCUT2D eigenvalue weighted by Gasteiger charge is 2.13. The third-order valence-electron chi connectivity index (χ3n) is 3.21. The van der Waals surface area contributed by atoms with Gasteiger partial charge in [-0.15, -0.1) is 0 Å². The topological polar surface area (TPSA) is 16.9 Å². The zero-order valence-corrected chi connectivity index (χ0v) is 14.9. The van der Waals surface area contributed by atoms with Crippen molar-refractivity contribution in [3.63, 3.8) is 0 Å². The van der Waals surface area contributed by atoms with Crippen molar-refractivity contribution in [1.82, 2.24) is 4.90 Å². The maximum atomic E-state index is 5.83. The molecule has 1 N–H and O–H groups in total. The van der Waals surface area contributed by atoms with Gasteiger partial charge in [-0.25, -0.2) is 0 Å². The summed E-state index contributed by atoms with van der Waals surface area (Å²) >= 11 is 5.55. The molecule has 0 radical (unpaired) electrons. The average Bonchev–Trinajstić information content (AvgIpc) is 2.53. The van der Waals surface area contributed by atoms with E-state index in [1.165, 1.54) is 4.90 Å². The van der Waals surface area contributed by atoms with E-state index in [-0.39, 0.29) is 0 Å². The van der Waals surface area contributed by atoms with Gasteiger partial charge >= 0.3 is 0 Å². The monoisotopic (exact) mass is 327 g/mol. The lowest BCUT2D eigenvalue weighted by molar-refractivity contribution is -0.800. The molecule has 0 saturated carbocycles. The third kappa shape index (κ3) is 4.91. The Morgan fingerprint density at radius 2 is 1.52 bits per heavy atom. The quantitative estimate of drug-likeness (QED) is 0.672. The molecular weight excluding hydrogens is 304 g/mol. The molecule has 0 aromatic heterocycles. The Morgan fingerprint density at radius 3 is 2.04 bits per heavy atom. The van der Waals surface area contributed by atoms with Gasteiger partial charge in [-0.1, -0.05) is 42.5 Å². The maximum absolute atomic E-state index is 5.83. The summed E-state index contributed by atoms with van der Waals surface area (Å²) in [5.41, 5.74) is 2.14. The molecule has 0 unspecified atom stereocenters. The second kappa shape index (κ2) is 7.90. The average molecular weight is 327 g/mol. The van der Waals surface area contributed by atoms with Gasteiger partial charge in [-0.3, -0.25) is 0 Å². The van der Waals surface area contributed by atoms with E-state index < -0.39 is 0 Å². The Morgan fingerprint density at radius 1 is 0.957 bits per heavy atom. The van der Waals surface area contributed by atoms with Crippen LogP contribution in [0.15, 0.2) is 60.8 Å². The third-order valence-corrected chi connectivity index (χ3v) is 3.80. The Balaban J connectivity index is 2.24. The minimum Gasteiger partial charge on any atom is -0.457 e. The molecule has 0 aliphatic carbocycles. The van der Waals surface area contributed by atoms with Gasteiger partial charge in [0.05, 0.1) is 19.7 Å². The van der Waals surface area contributed by atoms with Crippen LogP contribution in [-0.2, 0) is 0 Å². The number of thiocarbonyl (C=S) groups is 1. The number of para-hydroxylation sites is 1. The first-order chi connectivity index (χ1) is 11.0. The molecule has 0 atom stereocenters. The SMILES string of the molecule is CN(C)C(=S)/C(=C\[NH+](C)C)c1ccc(Oc2ccccc2)cc1. The second-order valence-corrected chi connectivity index (χ2v) is 6.16. The van der Waals surface area contributed by atoms with Crippen LogP contribution in [0.2, 0.25) is 0 Å². The van der Waals surface area contributed by atoms with E-state index in [9.17, 15) is 0 Å². The van der Waals surface area contributed by atoms with Crippen molar-refractivity contribution in [3.8, 4) is 11.5 Å². The molecule has 2 rings (SSSR count). The van der Waals surface area contributed by atoms with E-state index >= 15 is 0 Å². The van der Waals surface area contributed by atoms with Gasteiger partial charge in [0, 0.05) is 14.1 Å². The number of nitrogens with zero attached hydrogens (tertiary/aromatic N) is 1. The Labute approximate surface area is 143 Å². The van der Waals surface area contributed by atoms with Crippen molar-refractivity contribution >= 4 is 22.8 Å². The zero-order chi connectivity index (χ0) is 16.8. The fourth-order valence-corrected chi connectivity index (χ4v) is 2.30. The molecular formula is C19H23N2OS+. The van der Waals surface area contributed by atoms with Crippen LogP contribution < -0.4 is 9.64 Å². The first kappa shape index (κ1) is 17.2. The lowest BCUT2D eigenvalue weighted by atomic mass is 10.1. The molecule has 0 spiro atoms. The number of rotatable bonds is 5. The van der Waals surface area contributed by atoms with E-state index in [4.69, 9.17) is 17.0 Å². The van der Waals surface area contributed by atoms with Gasteiger partial charge in [-0.05, 0) is 29.8 Å². The van der Waals surface area contributed by atoms with Crippen LogP contribution in [0.1, 0.15) is 5.56 Å². The Hall–Kier alpha value is -2.17. The summed E-state index contributed by atoms with van der Waals surface area (Å²) in [5, 5.41) is 0. The summed E-state index contributed by atoms with van der Waals surface area (Å²) in [6.45, 7) is 0. The van der Waals surface area contributed by atoms with Crippen LogP contribution in [0.4, 0.5) is 0 Å². The molecule has 23 heavy (non-hydrogen) atoms. The molecule has 2 aromatic carbocycles. The molecule has 0 bridgehead atoms. The summed E-state index contributed by atoms with van der Waals surface area (Å²) in [7, 11) is 8.08.